The number of hydrogen-bond donors (Lipinski definition) is 2. The lowest BCUT2D eigenvalue weighted by molar-refractivity contribution is -0.113. The van der Waals surface area contributed by atoms with Gasteiger partial charge in [0.05, 0.1) is 5.57 Å². The average molecular weight is 661 g/mol. The zero-order valence-corrected chi connectivity index (χ0v) is 26.7. The van der Waals surface area contributed by atoms with E-state index in [2.05, 4.69) is 15.6 Å². The van der Waals surface area contributed by atoms with Crippen LogP contribution in [-0.2, 0) is 17.2 Å². The second-order valence-corrected chi connectivity index (χ2v) is 12.3. The van der Waals surface area contributed by atoms with Crippen LogP contribution < -0.4 is 15.4 Å². The number of fused-ring (bicyclic) bond motifs is 1. The van der Waals surface area contributed by atoms with Crippen LogP contribution in [0.1, 0.15) is 35.2 Å². The maximum Gasteiger partial charge on any atom is 0.255 e. The van der Waals surface area contributed by atoms with E-state index in [0.717, 1.165) is 22.4 Å². The summed E-state index contributed by atoms with van der Waals surface area (Å²) in [5.41, 5.74) is 4.97. The van der Waals surface area contributed by atoms with Gasteiger partial charge in [-0.1, -0.05) is 89.6 Å². The number of aryl methyl sites for hydroxylation is 1. The Balaban J connectivity index is 1.30. The molecule has 0 spiro atoms. The number of halogens is 3. The Morgan fingerprint density at radius 1 is 1.00 bits per heavy atom. The molecule has 0 aliphatic carbocycles. The van der Waals surface area contributed by atoms with Crippen LogP contribution in [0.4, 0.5) is 16.0 Å². The molecule has 228 valence electrons. The summed E-state index contributed by atoms with van der Waals surface area (Å²) < 4.78 is 22.0. The average Bonchev–Trinajstić information content (AvgIpc) is 3.43. The molecule has 0 radical (unpaired) electrons. The van der Waals surface area contributed by atoms with Crippen LogP contribution in [0.15, 0.2) is 107 Å². The van der Waals surface area contributed by atoms with Crippen LogP contribution in [0.3, 0.4) is 0 Å². The lowest BCUT2D eigenvalue weighted by Crippen LogP contribution is -2.31. The van der Waals surface area contributed by atoms with E-state index in [9.17, 15) is 9.18 Å². The van der Waals surface area contributed by atoms with Crippen LogP contribution in [0.5, 0.6) is 5.75 Å². The number of anilines is 2. The van der Waals surface area contributed by atoms with Crippen molar-refractivity contribution in [3.63, 3.8) is 0 Å². The van der Waals surface area contributed by atoms with Crippen LogP contribution in [0.25, 0.3) is 0 Å². The minimum Gasteiger partial charge on any atom is -0.489 e. The van der Waals surface area contributed by atoms with Gasteiger partial charge in [-0.3, -0.25) is 4.79 Å². The predicted molar refractivity (Wildman–Crippen MR) is 177 cm³/mol. The lowest BCUT2D eigenvalue weighted by Gasteiger charge is -2.29. The highest BCUT2D eigenvalue weighted by molar-refractivity contribution is 7.98. The number of hydrogen-bond acceptors (Lipinski definition) is 6. The van der Waals surface area contributed by atoms with Gasteiger partial charge in [0.25, 0.3) is 5.91 Å². The number of nitrogens with zero attached hydrogens (tertiary/aromatic N) is 3. The van der Waals surface area contributed by atoms with Crippen molar-refractivity contribution < 1.29 is 13.9 Å². The first-order chi connectivity index (χ1) is 21.8. The van der Waals surface area contributed by atoms with Crippen LogP contribution in [0.2, 0.25) is 10.0 Å². The first-order valence-corrected chi connectivity index (χ1v) is 15.8. The van der Waals surface area contributed by atoms with E-state index in [4.69, 9.17) is 33.0 Å². The third kappa shape index (κ3) is 6.86. The number of thioether (sulfide) groups is 1. The Hall–Kier alpha value is -4.31. The van der Waals surface area contributed by atoms with E-state index in [1.54, 1.807) is 35.0 Å². The molecule has 4 aromatic carbocycles. The van der Waals surface area contributed by atoms with Crippen LogP contribution in [-0.4, -0.2) is 20.7 Å². The minimum atomic E-state index is -0.597. The smallest absolute Gasteiger partial charge is 0.255 e. The van der Waals surface area contributed by atoms with Crippen LogP contribution >= 0.6 is 35.0 Å². The zero-order chi connectivity index (χ0) is 31.5. The molecular weight excluding hydrogens is 632 g/mol. The summed E-state index contributed by atoms with van der Waals surface area (Å²) in [7, 11) is 0. The zero-order valence-electron chi connectivity index (χ0n) is 24.4. The lowest BCUT2D eigenvalue weighted by atomic mass is 9.95. The highest BCUT2D eigenvalue weighted by atomic mass is 35.5. The van der Waals surface area contributed by atoms with Crippen molar-refractivity contribution in [2.45, 2.75) is 37.4 Å². The highest BCUT2D eigenvalue weighted by Gasteiger charge is 2.34. The first kappa shape index (κ1) is 30.7. The second kappa shape index (κ2) is 13.4. The van der Waals surface area contributed by atoms with Crippen molar-refractivity contribution in [2.24, 2.45) is 0 Å². The molecule has 1 aromatic heterocycles. The number of ether oxygens (including phenoxy) is 1. The summed E-state index contributed by atoms with van der Waals surface area (Å²) in [6.45, 7) is 4.05. The molecule has 1 atom stereocenters. The van der Waals surface area contributed by atoms with E-state index in [0.29, 0.717) is 49.5 Å². The Kier molecular flexibility index (Phi) is 9.11. The molecule has 11 heteroatoms. The van der Waals surface area contributed by atoms with Gasteiger partial charge in [-0.05, 0) is 66.9 Å². The number of carbonyl (C=O) groups is 1. The number of rotatable bonds is 9. The number of carbonyl (C=O) groups excluding carboxylic acids is 1. The number of aromatic nitrogens is 3. The molecule has 1 amide bonds. The Bertz CT molecular complexity index is 1910. The fraction of sp³-hybridized carbons (Fsp3) is 0.147. The first-order valence-electron chi connectivity index (χ1n) is 14.1. The number of benzene rings is 4. The third-order valence-electron chi connectivity index (χ3n) is 7.39. The van der Waals surface area contributed by atoms with Crippen molar-refractivity contribution >= 4 is 52.5 Å². The van der Waals surface area contributed by atoms with Gasteiger partial charge < -0.3 is 15.4 Å². The summed E-state index contributed by atoms with van der Waals surface area (Å²) in [4.78, 5) is 18.6. The van der Waals surface area contributed by atoms with E-state index >= 15 is 0 Å². The second-order valence-electron chi connectivity index (χ2n) is 10.5. The molecular formula is C34H28Cl2FN5O2S. The molecule has 45 heavy (non-hydrogen) atoms. The quantitative estimate of drug-likeness (QED) is 0.154. The third-order valence-corrected chi connectivity index (χ3v) is 8.86. The highest BCUT2D eigenvalue weighted by Crippen LogP contribution is 2.38. The SMILES string of the molecule is CC1=C(C(=O)Nc2ccccc2C)C(c2ccc(OCc3ccc(Cl)cc3Cl)cc2)n2nc(SCc3ccccc3F)nc2N1. The molecule has 0 bridgehead atoms. The van der Waals surface area contributed by atoms with Crippen molar-refractivity contribution in [3.05, 3.63) is 140 Å². The Morgan fingerprint density at radius 2 is 1.76 bits per heavy atom. The summed E-state index contributed by atoms with van der Waals surface area (Å²) >= 11 is 13.7. The minimum absolute atomic E-state index is 0.265. The van der Waals surface area contributed by atoms with E-state index in [-0.39, 0.29) is 18.3 Å². The van der Waals surface area contributed by atoms with Crippen molar-refractivity contribution in [3.8, 4) is 5.75 Å². The Morgan fingerprint density at radius 3 is 2.51 bits per heavy atom. The van der Waals surface area contributed by atoms with Gasteiger partial charge in [0.1, 0.15) is 24.2 Å². The van der Waals surface area contributed by atoms with Crippen molar-refractivity contribution in [1.82, 2.24) is 14.8 Å². The molecule has 1 aliphatic heterocycles. The predicted octanol–water partition coefficient (Wildman–Crippen LogP) is 8.83. The van der Waals surface area contributed by atoms with Crippen molar-refractivity contribution in [2.75, 3.05) is 10.6 Å². The number of allylic oxidation sites excluding steroid dienone is 1. The van der Waals surface area contributed by atoms with E-state index in [1.165, 1.54) is 17.8 Å². The standard InChI is InChI=1S/C34H28Cl2FN5O2S/c1-20-7-3-6-10-29(20)39-32(43)30-21(2)38-33-40-34(45-19-24-8-4-5-9-28(24)37)41-42(33)31(30)22-12-15-26(16-13-22)44-18-23-11-14-25(35)17-27(23)36/h3-17,31H,18-19H2,1-2H3,(H,39,43)(H,38,40,41). The van der Waals surface area contributed by atoms with Gasteiger partial charge >= 0.3 is 0 Å². The van der Waals surface area contributed by atoms with Gasteiger partial charge in [-0.2, -0.15) is 4.98 Å². The molecule has 6 rings (SSSR count). The normalized spacial score (nSPS) is 14.1. The number of nitrogens with one attached hydrogen (secondary N) is 2. The molecule has 2 heterocycles. The maximum absolute atomic E-state index is 14.3. The molecule has 0 fully saturated rings. The molecule has 7 nitrogen and oxygen atoms in total. The molecule has 0 saturated carbocycles. The summed E-state index contributed by atoms with van der Waals surface area (Å²) in [5.74, 6) is 0.929. The topological polar surface area (TPSA) is 81.1 Å². The molecule has 0 saturated heterocycles. The summed E-state index contributed by atoms with van der Waals surface area (Å²) in [6, 6.07) is 26.4. The van der Waals surface area contributed by atoms with Gasteiger partial charge in [0.15, 0.2) is 0 Å². The maximum atomic E-state index is 14.3. The molecule has 5 aromatic rings. The number of amides is 1. The van der Waals surface area contributed by atoms with Gasteiger partial charge in [-0.15, -0.1) is 5.10 Å². The fourth-order valence-electron chi connectivity index (χ4n) is 5.00. The molecule has 1 unspecified atom stereocenters. The van der Waals surface area contributed by atoms with E-state index in [1.807, 2.05) is 68.4 Å². The van der Waals surface area contributed by atoms with Gasteiger partial charge in [0, 0.05) is 32.7 Å². The monoisotopic (exact) mass is 659 g/mol. The van der Waals surface area contributed by atoms with Crippen molar-refractivity contribution in [1.29, 1.82) is 0 Å². The Labute approximate surface area is 274 Å². The molecule has 2 N–H and O–H groups in total. The van der Waals surface area contributed by atoms with E-state index < -0.39 is 6.04 Å². The molecule has 1 aliphatic rings. The number of para-hydroxylation sites is 1. The van der Waals surface area contributed by atoms with Crippen LogP contribution in [0, 0.1) is 12.7 Å². The largest absolute Gasteiger partial charge is 0.489 e. The van der Waals surface area contributed by atoms with Gasteiger partial charge in [0.2, 0.25) is 11.1 Å². The summed E-state index contributed by atoms with van der Waals surface area (Å²) in [6.07, 6.45) is 0. The van der Waals surface area contributed by atoms with Gasteiger partial charge in [-0.25, -0.2) is 9.07 Å². The summed E-state index contributed by atoms with van der Waals surface area (Å²) in [5, 5.41) is 12.6. The fourth-order valence-corrected chi connectivity index (χ4v) is 6.28.